The average molecular weight is 623 g/mol. The van der Waals surface area contributed by atoms with Crippen LogP contribution in [0.25, 0.3) is 0 Å². The molecule has 1 N–H and O–H groups in total. The van der Waals surface area contributed by atoms with Gasteiger partial charge in [0.1, 0.15) is 6.61 Å². The van der Waals surface area contributed by atoms with Crippen LogP contribution in [0.5, 0.6) is 0 Å². The Labute approximate surface area is 273 Å². The number of carbonyl (C=O) groups excluding carboxylic acids is 2. The zero-order valence-electron chi connectivity index (χ0n) is 29.4. The molecule has 0 fully saturated rings. The van der Waals surface area contributed by atoms with Crippen LogP contribution >= 0.6 is 0 Å². The van der Waals surface area contributed by atoms with Gasteiger partial charge in [-0.05, 0) is 38.5 Å². The predicted octanol–water partition coefficient (Wildman–Crippen LogP) is 11.7. The van der Waals surface area contributed by atoms with Crippen molar-refractivity contribution >= 4 is 11.9 Å². The van der Waals surface area contributed by atoms with E-state index < -0.39 is 6.10 Å². The third-order valence-corrected chi connectivity index (χ3v) is 8.56. The minimum absolute atomic E-state index is 0.0645. The van der Waals surface area contributed by atoms with Crippen molar-refractivity contribution in [3.05, 3.63) is 12.2 Å². The van der Waals surface area contributed by atoms with Gasteiger partial charge in [-0.3, -0.25) is 9.59 Å². The van der Waals surface area contributed by atoms with Crippen molar-refractivity contribution in [2.75, 3.05) is 13.2 Å². The summed E-state index contributed by atoms with van der Waals surface area (Å²) in [5.41, 5.74) is 0. The van der Waals surface area contributed by atoms with E-state index in [0.29, 0.717) is 12.8 Å². The largest absolute Gasteiger partial charge is 0.462 e. The van der Waals surface area contributed by atoms with E-state index >= 15 is 0 Å². The summed E-state index contributed by atoms with van der Waals surface area (Å²) in [5.74, 6) is -0.595. The number of hydrogen-bond acceptors (Lipinski definition) is 5. The number of aliphatic hydroxyl groups is 1. The van der Waals surface area contributed by atoms with Crippen LogP contribution in [0.3, 0.4) is 0 Å². The van der Waals surface area contributed by atoms with Crippen LogP contribution in [-0.2, 0) is 19.1 Å². The zero-order chi connectivity index (χ0) is 32.2. The number of ether oxygens (including phenoxy) is 2. The molecule has 0 aliphatic carbocycles. The maximum atomic E-state index is 12.1. The van der Waals surface area contributed by atoms with Crippen molar-refractivity contribution in [2.45, 2.75) is 213 Å². The van der Waals surface area contributed by atoms with E-state index in [9.17, 15) is 14.7 Å². The third kappa shape index (κ3) is 33.5. The smallest absolute Gasteiger partial charge is 0.306 e. The highest BCUT2D eigenvalue weighted by molar-refractivity contribution is 5.70. The van der Waals surface area contributed by atoms with Crippen LogP contribution in [-0.4, -0.2) is 36.4 Å². The first-order valence-electron chi connectivity index (χ1n) is 19.2. The second-order valence-electron chi connectivity index (χ2n) is 13.0. The maximum Gasteiger partial charge on any atom is 0.306 e. The lowest BCUT2D eigenvalue weighted by molar-refractivity contribution is -0.161. The Balaban J connectivity index is 3.54. The SMILES string of the molecule is CCCCCCCCC/C=C/CCCCCCC(=O)O[C@@H](CO)COC(=O)CCCCCCCCCCCCCCCCC. The molecule has 1 atom stereocenters. The second-order valence-corrected chi connectivity index (χ2v) is 13.0. The van der Waals surface area contributed by atoms with Crippen molar-refractivity contribution < 1.29 is 24.2 Å². The lowest BCUT2D eigenvalue weighted by Gasteiger charge is -2.15. The summed E-state index contributed by atoms with van der Waals surface area (Å²) in [7, 11) is 0. The highest BCUT2D eigenvalue weighted by atomic mass is 16.6. The summed E-state index contributed by atoms with van der Waals surface area (Å²) in [6.45, 7) is 4.14. The molecule has 0 unspecified atom stereocenters. The van der Waals surface area contributed by atoms with Crippen molar-refractivity contribution in [1.82, 2.24) is 0 Å². The highest BCUT2D eigenvalue weighted by Gasteiger charge is 2.16. The molecule has 0 saturated carbocycles. The molecule has 5 heteroatoms. The number of esters is 2. The van der Waals surface area contributed by atoms with Crippen molar-refractivity contribution in [2.24, 2.45) is 0 Å². The van der Waals surface area contributed by atoms with Gasteiger partial charge in [-0.25, -0.2) is 0 Å². The molecule has 0 radical (unpaired) electrons. The third-order valence-electron chi connectivity index (χ3n) is 8.56. The molecule has 0 aliphatic heterocycles. The van der Waals surface area contributed by atoms with Gasteiger partial charge in [0.05, 0.1) is 6.61 Å². The Morgan fingerprint density at radius 3 is 1.23 bits per heavy atom. The number of aliphatic hydroxyl groups excluding tert-OH is 1. The maximum absolute atomic E-state index is 12.1. The van der Waals surface area contributed by atoms with E-state index in [4.69, 9.17) is 9.47 Å². The Kier molecular flexibility index (Phi) is 35.0. The van der Waals surface area contributed by atoms with Gasteiger partial charge in [0.25, 0.3) is 0 Å². The van der Waals surface area contributed by atoms with Crippen LogP contribution in [0.1, 0.15) is 206 Å². The van der Waals surface area contributed by atoms with Crippen LogP contribution < -0.4 is 0 Å². The quantitative estimate of drug-likeness (QED) is 0.0432. The number of unbranched alkanes of at least 4 members (excludes halogenated alkanes) is 25. The normalized spacial score (nSPS) is 12.2. The van der Waals surface area contributed by atoms with Gasteiger partial charge in [-0.1, -0.05) is 167 Å². The highest BCUT2D eigenvalue weighted by Crippen LogP contribution is 2.14. The van der Waals surface area contributed by atoms with Crippen molar-refractivity contribution in [1.29, 1.82) is 0 Å². The van der Waals surface area contributed by atoms with Gasteiger partial charge < -0.3 is 14.6 Å². The Morgan fingerprint density at radius 2 is 0.841 bits per heavy atom. The Hall–Kier alpha value is -1.36. The minimum Gasteiger partial charge on any atom is -0.462 e. The molecule has 0 aromatic carbocycles. The van der Waals surface area contributed by atoms with Crippen LogP contribution in [0.2, 0.25) is 0 Å². The lowest BCUT2D eigenvalue weighted by Crippen LogP contribution is -2.28. The fourth-order valence-electron chi connectivity index (χ4n) is 5.61. The van der Waals surface area contributed by atoms with Gasteiger partial charge in [-0.2, -0.15) is 0 Å². The van der Waals surface area contributed by atoms with E-state index in [0.717, 1.165) is 51.4 Å². The molecular formula is C39H74O5. The monoisotopic (exact) mass is 623 g/mol. The molecule has 0 spiro atoms. The first-order chi connectivity index (χ1) is 21.6. The summed E-state index contributed by atoms with van der Waals surface area (Å²) >= 11 is 0. The predicted molar refractivity (Wildman–Crippen MR) is 187 cm³/mol. The topological polar surface area (TPSA) is 72.8 Å². The van der Waals surface area contributed by atoms with Gasteiger partial charge in [0.2, 0.25) is 0 Å². The molecule has 0 heterocycles. The van der Waals surface area contributed by atoms with Crippen molar-refractivity contribution in [3.63, 3.8) is 0 Å². The standard InChI is InChI=1S/C39H74O5/c1-3-5-7-9-11-13-15-17-19-21-23-25-27-29-31-33-38(41)43-36-37(35-40)44-39(42)34-32-30-28-26-24-22-20-18-16-14-12-10-8-6-4-2/h20,22,37,40H,3-19,21,23-36H2,1-2H3/b22-20+/t37-/m0/s1. The van der Waals surface area contributed by atoms with E-state index in [1.165, 1.54) is 128 Å². The molecule has 0 saturated heterocycles. The fourth-order valence-corrected chi connectivity index (χ4v) is 5.61. The Bertz CT molecular complexity index is 632. The fraction of sp³-hybridized carbons (Fsp3) is 0.897. The number of rotatable bonds is 35. The molecule has 0 rings (SSSR count). The first-order valence-corrected chi connectivity index (χ1v) is 19.2. The summed E-state index contributed by atoms with van der Waals surface area (Å²) in [5, 5.41) is 9.53. The van der Waals surface area contributed by atoms with Gasteiger partial charge in [0, 0.05) is 12.8 Å². The Morgan fingerprint density at radius 1 is 0.500 bits per heavy atom. The lowest BCUT2D eigenvalue weighted by atomic mass is 10.0. The summed E-state index contributed by atoms with van der Waals surface area (Å²) in [6, 6.07) is 0. The first kappa shape index (κ1) is 42.6. The molecular weight excluding hydrogens is 548 g/mol. The summed E-state index contributed by atoms with van der Waals surface area (Å²) < 4.78 is 10.6. The van der Waals surface area contributed by atoms with Gasteiger partial charge in [-0.15, -0.1) is 0 Å². The van der Waals surface area contributed by atoms with E-state index in [2.05, 4.69) is 26.0 Å². The molecule has 44 heavy (non-hydrogen) atoms. The minimum atomic E-state index is -0.769. The van der Waals surface area contributed by atoms with E-state index in [1.807, 2.05) is 0 Å². The summed E-state index contributed by atoms with van der Waals surface area (Å²) in [4.78, 5) is 24.2. The average Bonchev–Trinajstić information content (AvgIpc) is 3.02. The number of allylic oxidation sites excluding steroid dienone is 2. The second kappa shape index (κ2) is 36.1. The van der Waals surface area contributed by atoms with Gasteiger partial charge in [0.15, 0.2) is 6.10 Å². The molecule has 5 nitrogen and oxygen atoms in total. The van der Waals surface area contributed by atoms with E-state index in [-0.39, 0.29) is 25.2 Å². The van der Waals surface area contributed by atoms with Gasteiger partial charge >= 0.3 is 11.9 Å². The van der Waals surface area contributed by atoms with Crippen molar-refractivity contribution in [3.8, 4) is 0 Å². The zero-order valence-corrected chi connectivity index (χ0v) is 29.4. The summed E-state index contributed by atoms with van der Waals surface area (Å²) in [6.07, 6.45) is 39.8. The van der Waals surface area contributed by atoms with Crippen LogP contribution in [0.15, 0.2) is 12.2 Å². The molecule has 0 aromatic rings. The van der Waals surface area contributed by atoms with Crippen LogP contribution in [0, 0.1) is 0 Å². The van der Waals surface area contributed by atoms with E-state index in [1.54, 1.807) is 0 Å². The number of carbonyl (C=O) groups is 2. The molecule has 0 amide bonds. The number of hydrogen-bond donors (Lipinski definition) is 1. The molecule has 260 valence electrons. The molecule has 0 aromatic heterocycles. The molecule has 0 bridgehead atoms. The van der Waals surface area contributed by atoms with Crippen LogP contribution in [0.4, 0.5) is 0 Å². The molecule has 0 aliphatic rings.